The van der Waals surface area contributed by atoms with Crippen molar-refractivity contribution in [3.8, 4) is 0 Å². The Balaban J connectivity index is 0.000000134. The van der Waals surface area contributed by atoms with Crippen molar-refractivity contribution < 1.29 is 37.2 Å². The molecule has 14 heteroatoms. The molecule has 0 aromatic rings. The molecule has 8 aliphatic heterocycles. The zero-order chi connectivity index (χ0) is 24.0. The van der Waals surface area contributed by atoms with Gasteiger partial charge in [-0.2, -0.15) is 6.08 Å². The van der Waals surface area contributed by atoms with E-state index < -0.39 is 11.9 Å². The summed E-state index contributed by atoms with van der Waals surface area (Å²) in [6.45, 7) is 8.95. The second-order valence-electron chi connectivity index (χ2n) is 9.06. The van der Waals surface area contributed by atoms with Gasteiger partial charge in [-0.1, -0.05) is 6.92 Å². The molecule has 0 saturated carbocycles. The maximum atomic E-state index is 10.6. The Hall–Kier alpha value is 0.252. The summed E-state index contributed by atoms with van der Waals surface area (Å²) in [5.74, 6) is -1.27. The molecule has 0 unspecified atom stereocenters. The summed E-state index contributed by atoms with van der Waals surface area (Å²) in [5.41, 5.74) is 0.0966. The standard InChI is InChI=1S/C7H9O4.2C6H12N3P.ClH.Pd/c1-5(7(9)11-3)4-6(8)10-2;2*1-7-2-9-3-8(1)5-10(4-7)6-9;;/h1-3H3;2*1-6H2;1H;/q-1;;;;+2/p+1. The van der Waals surface area contributed by atoms with Gasteiger partial charge in [0.05, 0.1) is 54.2 Å². The minimum atomic E-state index is -0.687. The molecule has 0 aliphatic carbocycles. The molecular weight excluding hydrogens is 580 g/mol. The van der Waals surface area contributed by atoms with E-state index in [1.165, 1.54) is 98.9 Å². The quantitative estimate of drug-likeness (QED) is 0.145. The number of hydrogen-bond donors (Lipinski definition) is 0. The van der Waals surface area contributed by atoms with Crippen LogP contribution >= 0.6 is 25.4 Å². The fourth-order valence-corrected chi connectivity index (χ4v) is 10.8. The van der Waals surface area contributed by atoms with Crippen LogP contribution in [0.25, 0.3) is 0 Å². The molecular formula is C19H35ClN6O4P2Pd+2. The van der Waals surface area contributed by atoms with Crippen molar-refractivity contribution >= 4 is 37.3 Å². The van der Waals surface area contributed by atoms with Crippen LogP contribution in [0.1, 0.15) is 6.92 Å². The number of hydrogen-bond acceptors (Lipinski definition) is 10. The second-order valence-corrected chi connectivity index (χ2v) is 14.0. The predicted molar refractivity (Wildman–Crippen MR) is 128 cm³/mol. The van der Waals surface area contributed by atoms with Crippen molar-refractivity contribution in [2.45, 2.75) is 6.92 Å². The van der Waals surface area contributed by atoms with Gasteiger partial charge in [0.2, 0.25) is 5.97 Å². The van der Waals surface area contributed by atoms with Gasteiger partial charge >= 0.3 is 27.7 Å². The Bertz CT molecular complexity index is 573. The van der Waals surface area contributed by atoms with Gasteiger partial charge in [0.1, 0.15) is 37.7 Å². The van der Waals surface area contributed by atoms with Crippen LogP contribution in [0.4, 0.5) is 0 Å². The van der Waals surface area contributed by atoms with Crippen molar-refractivity contribution in [3.63, 3.8) is 0 Å². The van der Waals surface area contributed by atoms with Crippen LogP contribution < -0.4 is 0 Å². The van der Waals surface area contributed by atoms with Crippen molar-refractivity contribution in [3.05, 3.63) is 11.6 Å². The fraction of sp³-hybridized carbons (Fsp3) is 0.789. The van der Waals surface area contributed by atoms with Crippen molar-refractivity contribution in [1.29, 1.82) is 0 Å². The number of carbonyl (C=O) groups excluding carboxylic acids is 2. The molecule has 8 rings (SSSR count). The number of halogens is 1. The third kappa shape index (κ3) is 8.13. The molecule has 0 atom stereocenters. The number of nitrogens with zero attached hydrogens (tertiary/aromatic N) is 6. The van der Waals surface area contributed by atoms with Crippen molar-refractivity contribution in [1.82, 2.24) is 29.4 Å². The van der Waals surface area contributed by atoms with E-state index in [9.17, 15) is 9.59 Å². The van der Waals surface area contributed by atoms with E-state index in [-0.39, 0.29) is 21.4 Å². The molecule has 0 amide bonds. The number of esters is 2. The summed E-state index contributed by atoms with van der Waals surface area (Å²) in [6.07, 6.45) is 10.9. The maximum absolute atomic E-state index is 10.6. The van der Waals surface area contributed by atoms with E-state index in [0.29, 0.717) is 0 Å². The van der Waals surface area contributed by atoms with Gasteiger partial charge in [-0.15, -0.1) is 5.57 Å². The summed E-state index contributed by atoms with van der Waals surface area (Å²) in [5, 5.41) is 0. The molecule has 0 aromatic heterocycles. The van der Waals surface area contributed by atoms with Gasteiger partial charge in [0.15, 0.2) is 5.97 Å². The van der Waals surface area contributed by atoms with Gasteiger partial charge in [0.25, 0.3) is 0 Å². The monoisotopic (exact) mass is 614 g/mol. The molecule has 33 heavy (non-hydrogen) atoms. The predicted octanol–water partition coefficient (Wildman–Crippen LogP) is 0.554. The zero-order valence-electron chi connectivity index (χ0n) is 19.5. The zero-order valence-corrected chi connectivity index (χ0v) is 23.8. The van der Waals surface area contributed by atoms with Gasteiger partial charge in [-0.05, 0) is 0 Å². The Morgan fingerprint density at radius 2 is 1.00 bits per heavy atom. The van der Waals surface area contributed by atoms with Crippen LogP contribution in [0.5, 0.6) is 0 Å². The summed E-state index contributed by atoms with van der Waals surface area (Å²) in [6, 6.07) is 0. The molecule has 190 valence electrons. The first kappa shape index (κ1) is 27.8. The van der Waals surface area contributed by atoms with Gasteiger partial charge in [0, 0.05) is 15.8 Å². The number of methoxy groups -OCH3 is 2. The van der Waals surface area contributed by atoms with E-state index in [0.717, 1.165) is 0 Å². The Morgan fingerprint density at radius 3 is 1.21 bits per heavy atom. The van der Waals surface area contributed by atoms with E-state index in [1.54, 1.807) is 0 Å². The van der Waals surface area contributed by atoms with Crippen LogP contribution in [0.3, 0.4) is 0 Å². The van der Waals surface area contributed by atoms with E-state index >= 15 is 0 Å². The SMILES string of the molecule is C1N2CN3CN1C[PH+](C2)C3.C1N2CN3CN1C[PH+](C2)C3.COC(=O)[C-]=C(C)C(=O)OC.[Cl][Pd+]. The van der Waals surface area contributed by atoms with Crippen LogP contribution in [-0.2, 0) is 37.2 Å². The van der Waals surface area contributed by atoms with E-state index in [4.69, 9.17) is 0 Å². The normalized spacial score (nSPS) is 38.7. The average molecular weight is 615 g/mol. The Labute approximate surface area is 214 Å². The van der Waals surface area contributed by atoms with Gasteiger partial charge in [-0.25, -0.2) is 29.4 Å². The van der Waals surface area contributed by atoms with Gasteiger partial charge in [-0.3, -0.25) is 4.79 Å². The first-order valence-corrected chi connectivity index (χ1v) is 17.1. The molecule has 8 saturated heterocycles. The number of ether oxygens (including phenoxy) is 2. The summed E-state index contributed by atoms with van der Waals surface area (Å²) in [4.78, 5) is 36.6. The van der Waals surface area contributed by atoms with Gasteiger partial charge < -0.3 is 14.3 Å². The van der Waals surface area contributed by atoms with Crippen molar-refractivity contribution in [2.75, 3.05) is 91.9 Å². The third-order valence-electron chi connectivity index (χ3n) is 6.05. The molecule has 8 heterocycles. The second kappa shape index (κ2) is 13.5. The summed E-state index contributed by atoms with van der Waals surface area (Å²) < 4.78 is 8.55. The van der Waals surface area contributed by atoms with Crippen LogP contribution in [0, 0.1) is 6.08 Å². The Kier molecular flexibility index (Phi) is 11.4. The first-order chi connectivity index (χ1) is 15.9. The van der Waals surface area contributed by atoms with Crippen LogP contribution in [0.15, 0.2) is 5.57 Å². The molecule has 0 aromatic carbocycles. The van der Waals surface area contributed by atoms with E-state index in [1.807, 2.05) is 0 Å². The molecule has 10 nitrogen and oxygen atoms in total. The van der Waals surface area contributed by atoms with E-state index in [2.05, 4.69) is 72.7 Å². The van der Waals surface area contributed by atoms with Crippen LogP contribution in [0.2, 0.25) is 0 Å². The van der Waals surface area contributed by atoms with Crippen LogP contribution in [-0.4, -0.2) is 133 Å². The first-order valence-electron chi connectivity index (χ1n) is 10.8. The molecule has 0 radical (unpaired) electrons. The molecule has 8 fully saturated rings. The minimum absolute atomic E-state index is 0.0297. The average Bonchev–Trinajstić information content (AvgIpc) is 2.79. The number of carbonyl (C=O) groups is 2. The molecule has 0 spiro atoms. The molecule has 8 aliphatic rings. The summed E-state index contributed by atoms with van der Waals surface area (Å²) >= 11 is 2.22. The number of rotatable bonds is 2. The topological polar surface area (TPSA) is 72.0 Å². The molecule has 8 bridgehead atoms. The molecule has 0 N–H and O–H groups in total. The fourth-order valence-electron chi connectivity index (χ4n) is 5.17. The summed E-state index contributed by atoms with van der Waals surface area (Å²) in [7, 11) is 6.98. The third-order valence-corrected chi connectivity index (χ3v) is 11.4. The van der Waals surface area contributed by atoms with Crippen molar-refractivity contribution in [2.24, 2.45) is 0 Å². The Morgan fingerprint density at radius 1 is 0.697 bits per heavy atom.